The van der Waals surface area contributed by atoms with Crippen molar-refractivity contribution in [1.29, 1.82) is 0 Å². The zero-order valence-corrected chi connectivity index (χ0v) is 25.1. The summed E-state index contributed by atoms with van der Waals surface area (Å²) in [6.45, 7) is 2.81. The van der Waals surface area contributed by atoms with Crippen molar-refractivity contribution >= 4 is 22.8 Å². The second-order valence-corrected chi connectivity index (χ2v) is 11.7. The zero-order chi connectivity index (χ0) is 31.6. The van der Waals surface area contributed by atoms with Gasteiger partial charge in [0.05, 0.1) is 29.1 Å². The van der Waals surface area contributed by atoms with Gasteiger partial charge in [0.1, 0.15) is 5.82 Å². The smallest absolute Gasteiger partial charge is 0.323 e. The summed E-state index contributed by atoms with van der Waals surface area (Å²) in [4.78, 5) is 52.5. The number of aromatic amines is 2. The minimum absolute atomic E-state index is 0.0920. The van der Waals surface area contributed by atoms with E-state index in [0.29, 0.717) is 42.8 Å². The van der Waals surface area contributed by atoms with Gasteiger partial charge in [-0.1, -0.05) is 42.5 Å². The molecule has 10 nitrogen and oxygen atoms in total. The highest BCUT2D eigenvalue weighted by atomic mass is 19.1. The van der Waals surface area contributed by atoms with Crippen LogP contribution in [0.3, 0.4) is 0 Å². The molecule has 3 heterocycles. The Kier molecular flexibility index (Phi) is 8.36. The van der Waals surface area contributed by atoms with Gasteiger partial charge in [0.25, 0.3) is 5.91 Å². The Morgan fingerprint density at radius 2 is 1.80 bits per heavy atom. The standard InChI is InChI=1S/C34H35FN6O4/c1-22(23-7-4-3-5-8-23)37-31(42)30(29-19-40(2)21-36-29)41(32(43)24-11-12-27-28(17-24)39-33(44)38-27)20-34(13-15-45-16-14-34)25-9-6-10-26(35)18-25/h3-12,17-19,21-22,30H,13-16,20H2,1-2H3,(H,37,42)(H2,38,39,44). The summed E-state index contributed by atoms with van der Waals surface area (Å²) in [5.41, 5.74) is 2.23. The van der Waals surface area contributed by atoms with Crippen LogP contribution in [0.1, 0.15) is 59.0 Å². The molecule has 0 saturated carbocycles. The highest BCUT2D eigenvalue weighted by molar-refractivity contribution is 6.00. The molecule has 2 unspecified atom stereocenters. The fourth-order valence-corrected chi connectivity index (χ4v) is 6.18. The molecule has 11 heteroatoms. The topological polar surface area (TPSA) is 125 Å². The van der Waals surface area contributed by atoms with Gasteiger partial charge in [-0.05, 0) is 61.2 Å². The number of halogens is 1. The Morgan fingerprint density at radius 1 is 1.04 bits per heavy atom. The molecular weight excluding hydrogens is 575 g/mol. The number of H-pyrrole nitrogens is 2. The number of rotatable bonds is 9. The van der Waals surface area contributed by atoms with Crippen molar-refractivity contribution in [2.24, 2.45) is 7.05 Å². The summed E-state index contributed by atoms with van der Waals surface area (Å²) >= 11 is 0. The first kappa shape index (κ1) is 30.0. The van der Waals surface area contributed by atoms with Crippen LogP contribution >= 0.6 is 0 Å². The normalized spacial score (nSPS) is 15.8. The van der Waals surface area contributed by atoms with E-state index >= 15 is 0 Å². The van der Waals surface area contributed by atoms with Gasteiger partial charge in [-0.2, -0.15) is 0 Å². The average molecular weight is 611 g/mol. The minimum Gasteiger partial charge on any atom is -0.381 e. The second kappa shape index (κ2) is 12.5. The fraction of sp³-hybridized carbons (Fsp3) is 0.294. The van der Waals surface area contributed by atoms with Gasteiger partial charge in [0, 0.05) is 44.0 Å². The van der Waals surface area contributed by atoms with Crippen LogP contribution < -0.4 is 11.0 Å². The van der Waals surface area contributed by atoms with E-state index in [1.54, 1.807) is 48.4 Å². The molecule has 3 aromatic carbocycles. The predicted octanol–water partition coefficient (Wildman–Crippen LogP) is 4.54. The van der Waals surface area contributed by atoms with Crippen molar-refractivity contribution in [3.63, 3.8) is 0 Å². The summed E-state index contributed by atoms with van der Waals surface area (Å²) in [5.74, 6) is -1.22. The Hall–Kier alpha value is -5.03. The number of carbonyl (C=O) groups is 2. The molecule has 2 aromatic heterocycles. The molecule has 1 aliphatic rings. The lowest BCUT2D eigenvalue weighted by Crippen LogP contribution is -2.51. The summed E-state index contributed by atoms with van der Waals surface area (Å²) in [5, 5.41) is 3.10. The summed E-state index contributed by atoms with van der Waals surface area (Å²) < 4.78 is 22.1. The second-order valence-electron chi connectivity index (χ2n) is 11.7. The van der Waals surface area contributed by atoms with Crippen LogP contribution in [0.15, 0.2) is 90.1 Å². The molecule has 5 aromatic rings. The SMILES string of the molecule is CC(NC(=O)C(c1cn(C)cn1)N(CC1(c2cccc(F)c2)CCOCC1)C(=O)c1ccc2[nH]c(=O)[nH]c2c1)c1ccccc1. The summed E-state index contributed by atoms with van der Waals surface area (Å²) in [6.07, 6.45) is 4.35. The fourth-order valence-electron chi connectivity index (χ4n) is 6.18. The summed E-state index contributed by atoms with van der Waals surface area (Å²) in [6, 6.07) is 19.4. The van der Waals surface area contributed by atoms with E-state index in [0.717, 1.165) is 11.1 Å². The maximum Gasteiger partial charge on any atom is 0.323 e. The van der Waals surface area contributed by atoms with E-state index in [4.69, 9.17) is 4.74 Å². The third kappa shape index (κ3) is 6.30. The van der Waals surface area contributed by atoms with Crippen molar-refractivity contribution < 1.29 is 18.7 Å². The number of hydrogen-bond donors (Lipinski definition) is 3. The van der Waals surface area contributed by atoms with Crippen molar-refractivity contribution in [3.8, 4) is 0 Å². The third-order valence-electron chi connectivity index (χ3n) is 8.61. The van der Waals surface area contributed by atoms with Crippen LogP contribution in [-0.4, -0.2) is 56.0 Å². The number of carbonyl (C=O) groups excluding carboxylic acids is 2. The zero-order valence-electron chi connectivity index (χ0n) is 25.1. The molecule has 1 saturated heterocycles. The molecular formula is C34H35FN6O4. The van der Waals surface area contributed by atoms with E-state index in [1.807, 2.05) is 43.3 Å². The molecule has 232 valence electrons. The van der Waals surface area contributed by atoms with Gasteiger partial charge in [-0.15, -0.1) is 0 Å². The number of amides is 2. The van der Waals surface area contributed by atoms with Crippen LogP contribution in [0, 0.1) is 5.82 Å². The maximum atomic E-state index is 14.7. The first-order chi connectivity index (χ1) is 21.7. The van der Waals surface area contributed by atoms with Gasteiger partial charge in [-0.3, -0.25) is 9.59 Å². The lowest BCUT2D eigenvalue weighted by molar-refractivity contribution is -0.127. The molecule has 0 radical (unpaired) electrons. The molecule has 45 heavy (non-hydrogen) atoms. The molecule has 0 spiro atoms. The number of benzene rings is 3. The highest BCUT2D eigenvalue weighted by Crippen LogP contribution is 2.39. The lowest BCUT2D eigenvalue weighted by atomic mass is 9.73. The number of ether oxygens (including phenoxy) is 1. The molecule has 1 fully saturated rings. The monoisotopic (exact) mass is 610 g/mol. The molecule has 0 bridgehead atoms. The van der Waals surface area contributed by atoms with Crippen molar-refractivity contribution in [3.05, 3.63) is 124 Å². The van der Waals surface area contributed by atoms with Crippen LogP contribution in [-0.2, 0) is 22.0 Å². The average Bonchev–Trinajstić information content (AvgIpc) is 3.64. The number of nitrogens with one attached hydrogen (secondary N) is 3. The van der Waals surface area contributed by atoms with Crippen LogP contribution in [0.4, 0.5) is 4.39 Å². The molecule has 6 rings (SSSR count). The number of fused-ring (bicyclic) bond motifs is 1. The Balaban J connectivity index is 1.47. The highest BCUT2D eigenvalue weighted by Gasteiger charge is 2.43. The Morgan fingerprint density at radius 3 is 2.51 bits per heavy atom. The van der Waals surface area contributed by atoms with E-state index < -0.39 is 23.3 Å². The van der Waals surface area contributed by atoms with Gasteiger partial charge < -0.3 is 29.5 Å². The van der Waals surface area contributed by atoms with Crippen LogP contribution in [0.25, 0.3) is 11.0 Å². The van der Waals surface area contributed by atoms with E-state index in [1.165, 1.54) is 17.0 Å². The first-order valence-corrected chi connectivity index (χ1v) is 14.9. The maximum absolute atomic E-state index is 14.7. The van der Waals surface area contributed by atoms with Crippen molar-refractivity contribution in [2.75, 3.05) is 19.8 Å². The number of hydrogen-bond acceptors (Lipinski definition) is 5. The van der Waals surface area contributed by atoms with Gasteiger partial charge in [0.15, 0.2) is 6.04 Å². The minimum atomic E-state index is -1.13. The quantitative estimate of drug-likeness (QED) is 0.226. The lowest BCUT2D eigenvalue weighted by Gasteiger charge is -2.43. The first-order valence-electron chi connectivity index (χ1n) is 14.9. The number of nitrogens with zero attached hydrogens (tertiary/aromatic N) is 3. The summed E-state index contributed by atoms with van der Waals surface area (Å²) in [7, 11) is 1.80. The third-order valence-corrected chi connectivity index (χ3v) is 8.61. The predicted molar refractivity (Wildman–Crippen MR) is 167 cm³/mol. The Labute approximate surface area is 259 Å². The number of aromatic nitrogens is 4. The van der Waals surface area contributed by atoms with Gasteiger partial charge >= 0.3 is 5.69 Å². The molecule has 2 amide bonds. The van der Waals surface area contributed by atoms with Gasteiger partial charge in [-0.25, -0.2) is 14.2 Å². The van der Waals surface area contributed by atoms with Crippen molar-refractivity contribution in [2.45, 2.75) is 37.3 Å². The van der Waals surface area contributed by atoms with E-state index in [-0.39, 0.29) is 29.7 Å². The number of imidazole rings is 2. The number of aryl methyl sites for hydroxylation is 1. The Bertz CT molecular complexity index is 1870. The largest absolute Gasteiger partial charge is 0.381 e. The van der Waals surface area contributed by atoms with Gasteiger partial charge in [0.2, 0.25) is 5.91 Å². The molecule has 3 N–H and O–H groups in total. The molecule has 2 atom stereocenters. The van der Waals surface area contributed by atoms with E-state index in [9.17, 15) is 18.8 Å². The molecule has 0 aliphatic carbocycles. The molecule has 1 aliphatic heterocycles. The van der Waals surface area contributed by atoms with Crippen LogP contribution in [0.5, 0.6) is 0 Å². The van der Waals surface area contributed by atoms with Crippen molar-refractivity contribution in [1.82, 2.24) is 29.7 Å². The van der Waals surface area contributed by atoms with Crippen LogP contribution in [0.2, 0.25) is 0 Å². The van der Waals surface area contributed by atoms with E-state index in [2.05, 4.69) is 20.3 Å².